The number of ether oxygens (including phenoxy) is 1. The first-order valence-corrected chi connectivity index (χ1v) is 4.39. The van der Waals surface area contributed by atoms with E-state index in [0.717, 1.165) is 15.9 Å². The number of aliphatic imine (C=N–C) groups is 1. The van der Waals surface area contributed by atoms with Gasteiger partial charge in [0.1, 0.15) is 5.75 Å². The van der Waals surface area contributed by atoms with Crippen LogP contribution >= 0.6 is 28.1 Å². The Labute approximate surface area is 84.4 Å². The standard InChI is InChI=1S/C8H6BrNOS/c1-11-8-3-2-6(10-5-12)4-7(8)9/h2-4H,1H3. The summed E-state index contributed by atoms with van der Waals surface area (Å²) in [4.78, 5) is 3.82. The molecular formula is C8H6BrNOS. The molecule has 1 rings (SSSR count). The number of rotatable bonds is 2. The van der Waals surface area contributed by atoms with Crippen molar-refractivity contribution in [3.63, 3.8) is 0 Å². The van der Waals surface area contributed by atoms with Crippen LogP contribution in [-0.4, -0.2) is 12.3 Å². The quantitative estimate of drug-likeness (QED) is 0.588. The third kappa shape index (κ3) is 2.14. The van der Waals surface area contributed by atoms with E-state index in [0.29, 0.717) is 0 Å². The summed E-state index contributed by atoms with van der Waals surface area (Å²) >= 11 is 7.81. The number of methoxy groups -OCH3 is 1. The lowest BCUT2D eigenvalue weighted by molar-refractivity contribution is 0.412. The van der Waals surface area contributed by atoms with Gasteiger partial charge in [-0.15, -0.1) is 0 Å². The molecular weight excluding hydrogens is 238 g/mol. The number of hydrogen-bond acceptors (Lipinski definition) is 3. The first-order chi connectivity index (χ1) is 5.77. The Balaban J connectivity index is 3.09. The summed E-state index contributed by atoms with van der Waals surface area (Å²) in [5.74, 6) is 0.776. The highest BCUT2D eigenvalue weighted by Gasteiger charge is 1.98. The van der Waals surface area contributed by atoms with Crippen LogP contribution < -0.4 is 4.74 Å². The molecule has 0 saturated carbocycles. The van der Waals surface area contributed by atoms with Gasteiger partial charge in [0.15, 0.2) is 0 Å². The fourth-order valence-corrected chi connectivity index (χ4v) is 1.41. The molecule has 0 N–H and O–H groups in total. The minimum Gasteiger partial charge on any atom is -0.496 e. The summed E-state index contributed by atoms with van der Waals surface area (Å²) in [6.45, 7) is 0. The highest BCUT2D eigenvalue weighted by Crippen LogP contribution is 2.28. The summed E-state index contributed by atoms with van der Waals surface area (Å²) in [5, 5.41) is 2.30. The van der Waals surface area contributed by atoms with E-state index in [-0.39, 0.29) is 0 Å². The molecule has 1 aromatic rings. The van der Waals surface area contributed by atoms with Crippen molar-refractivity contribution < 1.29 is 4.74 Å². The van der Waals surface area contributed by atoms with Crippen LogP contribution in [0.15, 0.2) is 27.7 Å². The topological polar surface area (TPSA) is 21.6 Å². The summed E-state index contributed by atoms with van der Waals surface area (Å²) in [6.07, 6.45) is 0. The molecule has 0 bridgehead atoms. The van der Waals surface area contributed by atoms with E-state index < -0.39 is 0 Å². The number of isothiocyanates is 1. The lowest BCUT2D eigenvalue weighted by Gasteiger charge is -2.01. The molecule has 0 fully saturated rings. The van der Waals surface area contributed by atoms with E-state index in [1.807, 2.05) is 18.2 Å². The van der Waals surface area contributed by atoms with Gasteiger partial charge in [-0.2, -0.15) is 4.99 Å². The Morgan fingerprint density at radius 1 is 1.58 bits per heavy atom. The highest BCUT2D eigenvalue weighted by molar-refractivity contribution is 9.10. The maximum absolute atomic E-state index is 5.04. The van der Waals surface area contributed by atoms with Crippen LogP contribution in [0.4, 0.5) is 5.69 Å². The van der Waals surface area contributed by atoms with Crippen LogP contribution in [0.3, 0.4) is 0 Å². The number of hydrogen-bond donors (Lipinski definition) is 0. The van der Waals surface area contributed by atoms with Gasteiger partial charge in [0, 0.05) is 0 Å². The second-order valence-electron chi connectivity index (χ2n) is 2.02. The first kappa shape index (κ1) is 9.39. The second-order valence-corrected chi connectivity index (χ2v) is 3.06. The minimum atomic E-state index is 0.762. The van der Waals surface area contributed by atoms with Gasteiger partial charge < -0.3 is 4.74 Å². The Morgan fingerprint density at radius 3 is 2.83 bits per heavy atom. The van der Waals surface area contributed by atoms with E-state index in [9.17, 15) is 0 Å². The molecule has 0 heterocycles. The summed E-state index contributed by atoms with van der Waals surface area (Å²) < 4.78 is 5.90. The largest absolute Gasteiger partial charge is 0.496 e. The molecule has 4 heteroatoms. The van der Waals surface area contributed by atoms with E-state index in [1.165, 1.54) is 0 Å². The number of nitrogens with zero attached hydrogens (tertiary/aromatic N) is 1. The van der Waals surface area contributed by atoms with Crippen LogP contribution in [-0.2, 0) is 0 Å². The number of benzene rings is 1. The molecule has 1 aromatic carbocycles. The van der Waals surface area contributed by atoms with Crippen LogP contribution in [0, 0.1) is 0 Å². The maximum Gasteiger partial charge on any atom is 0.133 e. The normalized spacial score (nSPS) is 8.83. The van der Waals surface area contributed by atoms with E-state index in [4.69, 9.17) is 4.74 Å². The van der Waals surface area contributed by atoms with E-state index in [1.54, 1.807) is 7.11 Å². The zero-order chi connectivity index (χ0) is 8.97. The average Bonchev–Trinajstić information content (AvgIpc) is 2.05. The van der Waals surface area contributed by atoms with Crippen molar-refractivity contribution >= 4 is 39.0 Å². The molecule has 0 unspecified atom stereocenters. The van der Waals surface area contributed by atoms with Gasteiger partial charge >= 0.3 is 0 Å². The zero-order valence-electron chi connectivity index (χ0n) is 6.37. The minimum absolute atomic E-state index is 0.762. The summed E-state index contributed by atoms with van der Waals surface area (Å²) in [7, 11) is 1.61. The van der Waals surface area contributed by atoms with Crippen LogP contribution in [0.5, 0.6) is 5.75 Å². The maximum atomic E-state index is 5.04. The van der Waals surface area contributed by atoms with Crippen molar-refractivity contribution in [2.45, 2.75) is 0 Å². The molecule has 0 amide bonds. The smallest absolute Gasteiger partial charge is 0.133 e. The van der Waals surface area contributed by atoms with Crippen LogP contribution in [0.25, 0.3) is 0 Å². The molecule has 62 valence electrons. The molecule has 0 aromatic heterocycles. The fourth-order valence-electron chi connectivity index (χ4n) is 0.778. The van der Waals surface area contributed by atoms with Gasteiger partial charge in [-0.3, -0.25) is 0 Å². The lowest BCUT2D eigenvalue weighted by Crippen LogP contribution is -1.82. The molecule has 2 nitrogen and oxygen atoms in total. The van der Waals surface area contributed by atoms with Gasteiger partial charge in [0.05, 0.1) is 22.4 Å². The van der Waals surface area contributed by atoms with Crippen molar-refractivity contribution in [2.75, 3.05) is 7.11 Å². The van der Waals surface area contributed by atoms with Crippen molar-refractivity contribution in [3.8, 4) is 5.75 Å². The van der Waals surface area contributed by atoms with Gasteiger partial charge in [-0.1, -0.05) is 0 Å². The summed E-state index contributed by atoms with van der Waals surface area (Å²) in [5.41, 5.74) is 0.762. The molecule has 0 saturated heterocycles. The predicted octanol–water partition coefficient (Wildman–Crippen LogP) is 3.19. The SMILES string of the molecule is COc1ccc(N=C=S)cc1Br. The third-order valence-corrected chi connectivity index (χ3v) is 2.02. The third-order valence-electron chi connectivity index (χ3n) is 1.31. The Kier molecular flexibility index (Phi) is 3.41. The van der Waals surface area contributed by atoms with Gasteiger partial charge in [0.2, 0.25) is 0 Å². The van der Waals surface area contributed by atoms with Crippen molar-refractivity contribution in [3.05, 3.63) is 22.7 Å². The highest BCUT2D eigenvalue weighted by atomic mass is 79.9. The lowest BCUT2D eigenvalue weighted by atomic mass is 10.3. The molecule has 12 heavy (non-hydrogen) atoms. The Hall–Kier alpha value is -0.700. The number of thiocarbonyl (C=S) groups is 1. The van der Waals surface area contributed by atoms with Gasteiger partial charge in [-0.05, 0) is 46.3 Å². The fraction of sp³-hybridized carbons (Fsp3) is 0.125. The van der Waals surface area contributed by atoms with Crippen molar-refractivity contribution in [1.82, 2.24) is 0 Å². The predicted molar refractivity (Wildman–Crippen MR) is 55.4 cm³/mol. The Morgan fingerprint density at radius 2 is 2.33 bits per heavy atom. The first-order valence-electron chi connectivity index (χ1n) is 3.19. The molecule has 0 aliphatic heterocycles. The molecule has 0 aliphatic carbocycles. The van der Waals surface area contributed by atoms with Crippen molar-refractivity contribution in [2.24, 2.45) is 4.99 Å². The summed E-state index contributed by atoms with van der Waals surface area (Å²) in [6, 6.07) is 5.44. The molecule has 0 atom stereocenters. The van der Waals surface area contributed by atoms with Gasteiger partial charge in [-0.25, -0.2) is 0 Å². The average molecular weight is 244 g/mol. The van der Waals surface area contributed by atoms with E-state index >= 15 is 0 Å². The van der Waals surface area contributed by atoms with Gasteiger partial charge in [0.25, 0.3) is 0 Å². The second kappa shape index (κ2) is 4.36. The van der Waals surface area contributed by atoms with Crippen LogP contribution in [0.1, 0.15) is 0 Å². The van der Waals surface area contributed by atoms with E-state index in [2.05, 4.69) is 38.3 Å². The molecule has 0 radical (unpaired) electrons. The molecule has 0 spiro atoms. The monoisotopic (exact) mass is 243 g/mol. The molecule has 0 aliphatic rings. The Bertz CT molecular complexity index is 334. The zero-order valence-corrected chi connectivity index (χ0v) is 8.78. The number of halogens is 1. The van der Waals surface area contributed by atoms with Crippen LogP contribution in [0.2, 0.25) is 0 Å². The van der Waals surface area contributed by atoms with Crippen molar-refractivity contribution in [1.29, 1.82) is 0 Å².